The van der Waals surface area contributed by atoms with Crippen LogP contribution in [0.3, 0.4) is 0 Å². The zero-order valence-electron chi connectivity index (χ0n) is 18.2. The van der Waals surface area contributed by atoms with Crippen molar-refractivity contribution >= 4 is 17.5 Å². The first kappa shape index (κ1) is 22.9. The Labute approximate surface area is 200 Å². The molecule has 1 N–H and O–H groups in total. The van der Waals surface area contributed by atoms with E-state index in [1.54, 1.807) is 0 Å². The number of carbonyl (C=O) groups is 1. The molecule has 0 radical (unpaired) electrons. The van der Waals surface area contributed by atoms with E-state index in [0.717, 1.165) is 43.8 Å². The zero-order chi connectivity index (χ0) is 23.9. The number of pyridine rings is 1. The van der Waals surface area contributed by atoms with Crippen molar-refractivity contribution in [3.8, 4) is 0 Å². The zero-order valence-corrected chi connectivity index (χ0v) is 19.0. The van der Waals surface area contributed by atoms with E-state index < -0.39 is 34.4 Å². The van der Waals surface area contributed by atoms with Crippen molar-refractivity contribution in [3.05, 3.63) is 100 Å². The summed E-state index contributed by atoms with van der Waals surface area (Å²) in [5, 5.41) is 2.33. The van der Waals surface area contributed by atoms with Gasteiger partial charge in [-0.3, -0.25) is 9.69 Å². The number of hydrogen-bond donors (Lipinski definition) is 1. The quantitative estimate of drug-likeness (QED) is 0.473. The smallest absolute Gasteiger partial charge is 0.342 e. The summed E-state index contributed by atoms with van der Waals surface area (Å²) in [5.41, 5.74) is 0.259. The highest BCUT2D eigenvalue weighted by Gasteiger charge is 2.60. The second kappa shape index (κ2) is 8.71. The van der Waals surface area contributed by atoms with Crippen molar-refractivity contribution in [2.24, 2.45) is 5.92 Å². The summed E-state index contributed by atoms with van der Waals surface area (Å²) in [7, 11) is 0. The van der Waals surface area contributed by atoms with Crippen LogP contribution < -0.4 is 5.32 Å². The van der Waals surface area contributed by atoms with Gasteiger partial charge in [0.25, 0.3) is 5.91 Å². The molecule has 2 aromatic carbocycles. The molecule has 2 aliphatic heterocycles. The van der Waals surface area contributed by atoms with E-state index in [0.29, 0.717) is 5.92 Å². The number of benzene rings is 2. The summed E-state index contributed by atoms with van der Waals surface area (Å²) < 4.78 is 40.0. The molecular weight excluding hydrogens is 463 g/mol. The first-order chi connectivity index (χ1) is 16.3. The highest BCUT2D eigenvalue weighted by atomic mass is 35.5. The fourth-order valence-electron chi connectivity index (χ4n) is 5.46. The summed E-state index contributed by atoms with van der Waals surface area (Å²) in [5.74, 6) is -0.184. The second-order valence-corrected chi connectivity index (χ2v) is 9.46. The molecule has 3 aromatic rings. The Morgan fingerprint density at radius 2 is 1.74 bits per heavy atom. The molecule has 1 unspecified atom stereocenters. The molecule has 0 spiro atoms. The third-order valence-electron chi connectivity index (χ3n) is 6.96. The predicted octanol–water partition coefficient (Wildman–Crippen LogP) is 5.89. The van der Waals surface area contributed by atoms with Gasteiger partial charge in [0.2, 0.25) is 0 Å². The third-order valence-corrected chi connectivity index (χ3v) is 7.35. The summed E-state index contributed by atoms with van der Waals surface area (Å²) in [6, 6.07) is 20.0. The normalized spacial score (nSPS) is 22.8. The van der Waals surface area contributed by atoms with E-state index in [4.69, 9.17) is 11.6 Å². The van der Waals surface area contributed by atoms with Crippen molar-refractivity contribution < 1.29 is 18.0 Å². The van der Waals surface area contributed by atoms with E-state index >= 15 is 0 Å². The molecule has 6 rings (SSSR count). The molecule has 1 aliphatic carbocycles. The Kier molecular flexibility index (Phi) is 5.86. The summed E-state index contributed by atoms with van der Waals surface area (Å²) >= 11 is 6.00. The number of halogens is 4. The van der Waals surface area contributed by atoms with E-state index in [1.807, 2.05) is 48.5 Å². The molecule has 2 bridgehead atoms. The number of aromatic nitrogens is 1. The topological polar surface area (TPSA) is 45.2 Å². The molecule has 1 amide bonds. The van der Waals surface area contributed by atoms with Crippen molar-refractivity contribution in [3.63, 3.8) is 0 Å². The maximum absolute atomic E-state index is 13.3. The number of hydrogen-bond acceptors (Lipinski definition) is 3. The van der Waals surface area contributed by atoms with Gasteiger partial charge in [-0.05, 0) is 36.0 Å². The highest BCUT2D eigenvalue weighted by molar-refractivity contribution is 6.34. The van der Waals surface area contributed by atoms with Crippen LogP contribution in [0.15, 0.2) is 72.9 Å². The number of rotatable bonds is 6. The van der Waals surface area contributed by atoms with Crippen LogP contribution in [0.1, 0.15) is 46.1 Å². The van der Waals surface area contributed by atoms with Gasteiger partial charge in [-0.25, -0.2) is 4.98 Å². The number of amides is 1. The summed E-state index contributed by atoms with van der Waals surface area (Å²) in [6.07, 6.45) is -1.89. The summed E-state index contributed by atoms with van der Waals surface area (Å²) in [4.78, 5) is 19.6. The van der Waals surface area contributed by atoms with Crippen LogP contribution >= 0.6 is 11.6 Å². The Balaban J connectivity index is 1.48. The molecule has 8 heteroatoms. The van der Waals surface area contributed by atoms with Gasteiger partial charge in [-0.2, -0.15) is 13.2 Å². The van der Waals surface area contributed by atoms with Crippen LogP contribution in [-0.2, 0) is 12.7 Å². The minimum atomic E-state index is -4.67. The molecule has 1 aromatic heterocycles. The maximum atomic E-state index is 13.3. The fourth-order valence-corrected chi connectivity index (χ4v) is 5.76. The molecule has 1 atom stereocenters. The molecule has 1 saturated carbocycles. The molecule has 4 nitrogen and oxygen atoms in total. The standard InChI is InChI=1S/C26H23ClF3N3O/c27-21-20(26(28,29)30)11-12-31-22(21)24(34)32-23(19-9-5-2-6-10-19)25-13-18(14-25)16-33(25)15-17-7-3-1-4-8-17/h1-12,18,23H,13-16H2,(H,32,34). The van der Waals surface area contributed by atoms with Crippen molar-refractivity contribution in [1.82, 2.24) is 15.2 Å². The largest absolute Gasteiger partial charge is 0.417 e. The minimum absolute atomic E-state index is 0.328. The van der Waals surface area contributed by atoms with Gasteiger partial charge in [0.05, 0.1) is 16.6 Å². The second-order valence-electron chi connectivity index (χ2n) is 9.08. The number of alkyl halides is 3. The van der Waals surface area contributed by atoms with Gasteiger partial charge in [0.15, 0.2) is 0 Å². The van der Waals surface area contributed by atoms with Crippen LogP contribution in [0.25, 0.3) is 0 Å². The van der Waals surface area contributed by atoms with Crippen LogP contribution in [0.5, 0.6) is 0 Å². The van der Waals surface area contributed by atoms with E-state index in [9.17, 15) is 18.0 Å². The predicted molar refractivity (Wildman–Crippen MR) is 123 cm³/mol. The molecule has 2 saturated heterocycles. The Morgan fingerprint density at radius 3 is 2.38 bits per heavy atom. The van der Waals surface area contributed by atoms with Crippen LogP contribution in [0, 0.1) is 5.92 Å². The lowest BCUT2D eigenvalue weighted by molar-refractivity contribution is -0.137. The number of fused-ring (bicyclic) bond motifs is 1. The molecule has 3 fully saturated rings. The monoisotopic (exact) mass is 485 g/mol. The third kappa shape index (κ3) is 4.07. The summed E-state index contributed by atoms with van der Waals surface area (Å²) in [6.45, 7) is 1.65. The molecule has 3 aliphatic rings. The molecule has 3 heterocycles. The van der Waals surface area contributed by atoms with Gasteiger partial charge in [0, 0.05) is 24.8 Å². The lowest BCUT2D eigenvalue weighted by atomic mass is 9.67. The van der Waals surface area contributed by atoms with Gasteiger partial charge in [0.1, 0.15) is 5.69 Å². The molecule has 176 valence electrons. The molecule has 34 heavy (non-hydrogen) atoms. The van der Waals surface area contributed by atoms with Crippen molar-refractivity contribution in [1.29, 1.82) is 0 Å². The first-order valence-corrected chi connectivity index (χ1v) is 11.5. The highest BCUT2D eigenvalue weighted by Crippen LogP contribution is 2.57. The van der Waals surface area contributed by atoms with Gasteiger partial charge in [-0.15, -0.1) is 0 Å². The Morgan fingerprint density at radius 1 is 1.09 bits per heavy atom. The Hall–Kier alpha value is -2.90. The van der Waals surface area contributed by atoms with Gasteiger partial charge < -0.3 is 5.32 Å². The first-order valence-electron chi connectivity index (χ1n) is 11.1. The lowest BCUT2D eigenvalue weighted by Gasteiger charge is -2.48. The SMILES string of the molecule is O=C(NC(c1ccccc1)C12CC(CN1Cc1ccccc1)C2)c1nccc(C(F)(F)F)c1Cl. The van der Waals surface area contributed by atoms with Gasteiger partial charge >= 0.3 is 6.18 Å². The van der Waals surface area contributed by atoms with Crippen LogP contribution in [0.4, 0.5) is 13.2 Å². The van der Waals surface area contributed by atoms with Crippen molar-refractivity contribution in [2.45, 2.75) is 37.1 Å². The number of carbonyl (C=O) groups excluding carboxylic acids is 1. The van der Waals surface area contributed by atoms with E-state index in [-0.39, 0.29) is 5.54 Å². The average molecular weight is 486 g/mol. The minimum Gasteiger partial charge on any atom is -0.342 e. The maximum Gasteiger partial charge on any atom is 0.417 e. The van der Waals surface area contributed by atoms with Crippen LogP contribution in [0.2, 0.25) is 5.02 Å². The van der Waals surface area contributed by atoms with Crippen LogP contribution in [-0.4, -0.2) is 27.9 Å². The fraction of sp³-hybridized carbons (Fsp3) is 0.308. The molecular formula is C26H23ClF3N3O. The number of nitrogens with zero attached hydrogens (tertiary/aromatic N) is 2. The van der Waals surface area contributed by atoms with E-state index in [1.165, 1.54) is 5.56 Å². The van der Waals surface area contributed by atoms with E-state index in [2.05, 4.69) is 27.3 Å². The van der Waals surface area contributed by atoms with Crippen molar-refractivity contribution in [2.75, 3.05) is 6.54 Å². The average Bonchev–Trinajstić information content (AvgIpc) is 3.32. The number of nitrogens with one attached hydrogen (secondary N) is 1. The van der Waals surface area contributed by atoms with Gasteiger partial charge in [-0.1, -0.05) is 72.3 Å². The lowest BCUT2D eigenvalue weighted by Crippen LogP contribution is -2.56. The Bertz CT molecular complexity index is 1180.